The van der Waals surface area contributed by atoms with E-state index in [1.54, 1.807) is 17.5 Å². The van der Waals surface area contributed by atoms with Gasteiger partial charge < -0.3 is 0 Å². The Balaban J connectivity index is 1.96. The molecule has 0 saturated carbocycles. The van der Waals surface area contributed by atoms with Gasteiger partial charge in [-0.3, -0.25) is 10.1 Å². The monoisotopic (exact) mass is 452 g/mol. The van der Waals surface area contributed by atoms with Gasteiger partial charge in [0.25, 0.3) is 21.4 Å². The lowest BCUT2D eigenvalue weighted by atomic mass is 10.2. The Hall–Kier alpha value is -2.79. The molecule has 0 radical (unpaired) electrons. The zero-order valence-electron chi connectivity index (χ0n) is 14.3. The molecule has 3 rings (SSSR count). The van der Waals surface area contributed by atoms with Crippen LogP contribution in [0.15, 0.2) is 57.2 Å². The van der Waals surface area contributed by atoms with Crippen molar-refractivity contribution in [3.63, 3.8) is 0 Å². The summed E-state index contributed by atoms with van der Waals surface area (Å²) in [6.45, 7) is 1.57. The summed E-state index contributed by atoms with van der Waals surface area (Å²) in [4.78, 5) is 13.2. The number of pyridine rings is 1. The number of fused-ring (bicyclic) bond motifs is 1. The Labute approximate surface area is 163 Å². The van der Waals surface area contributed by atoms with Crippen molar-refractivity contribution in [2.75, 3.05) is 7.05 Å². The summed E-state index contributed by atoms with van der Waals surface area (Å²) >= 11 is 3.38. The van der Waals surface area contributed by atoms with Crippen LogP contribution in [0.2, 0.25) is 0 Å². The number of nitro benzene ring substituents is 1. The lowest BCUT2D eigenvalue weighted by Gasteiger charge is -2.14. The second-order valence-electron chi connectivity index (χ2n) is 5.71. The maximum atomic E-state index is 12.8. The number of hydrogen-bond acceptors (Lipinski definition) is 5. The van der Waals surface area contributed by atoms with Crippen LogP contribution >= 0.6 is 15.9 Å². The number of non-ortho nitro benzene ring substituents is 1. The third-order valence-corrected chi connectivity index (χ3v) is 6.17. The number of aryl methyl sites for hydroxylation is 1. The molecule has 0 saturated heterocycles. The first-order chi connectivity index (χ1) is 12.7. The zero-order chi connectivity index (χ0) is 19.8. The van der Waals surface area contributed by atoms with E-state index in [-0.39, 0.29) is 10.6 Å². The fourth-order valence-corrected chi connectivity index (χ4v) is 3.99. The Morgan fingerprint density at radius 2 is 2.07 bits per heavy atom. The molecule has 1 aromatic carbocycles. The summed E-state index contributed by atoms with van der Waals surface area (Å²) in [5, 5.41) is 15.0. The maximum absolute atomic E-state index is 12.8. The largest absolute Gasteiger partial charge is 0.284 e. The molecule has 0 fully saturated rings. The molecule has 27 heavy (non-hydrogen) atoms. The Bertz CT molecular complexity index is 1170. The topological polar surface area (TPSA) is 113 Å². The van der Waals surface area contributed by atoms with Crippen LogP contribution < -0.4 is 4.40 Å². The first-order valence-corrected chi connectivity index (χ1v) is 9.90. The number of hydrogen-bond donors (Lipinski definition) is 1. The van der Waals surface area contributed by atoms with Crippen LogP contribution in [0, 0.1) is 17.0 Å². The number of nitro groups is 1. The van der Waals surface area contributed by atoms with E-state index in [0.29, 0.717) is 11.3 Å². The third-order valence-electron chi connectivity index (χ3n) is 3.92. The molecule has 0 amide bonds. The van der Waals surface area contributed by atoms with E-state index in [0.717, 1.165) is 20.6 Å². The number of sulfonamides is 1. The van der Waals surface area contributed by atoms with Crippen molar-refractivity contribution in [3.05, 3.63) is 68.6 Å². The SMILES string of the molecule is Cc1ccc([N+](=O)[O-])cc1S(=O)(=O)N(C)N=Cc1c[nH]c2ccc(Br)c[n+]12. The lowest BCUT2D eigenvalue weighted by Crippen LogP contribution is -2.26. The number of nitrogens with zero attached hydrogens (tertiary/aromatic N) is 4. The van der Waals surface area contributed by atoms with Crippen molar-refractivity contribution in [3.8, 4) is 0 Å². The quantitative estimate of drug-likeness (QED) is 0.277. The van der Waals surface area contributed by atoms with Gasteiger partial charge in [0.2, 0.25) is 0 Å². The van der Waals surface area contributed by atoms with Crippen LogP contribution in [0.1, 0.15) is 11.3 Å². The molecule has 0 unspecified atom stereocenters. The number of rotatable bonds is 5. The summed E-state index contributed by atoms with van der Waals surface area (Å²) in [6, 6.07) is 7.42. The first-order valence-electron chi connectivity index (χ1n) is 7.66. The molecule has 11 heteroatoms. The number of hydrazone groups is 1. The number of aromatic nitrogens is 2. The van der Waals surface area contributed by atoms with Crippen molar-refractivity contribution in [1.29, 1.82) is 0 Å². The van der Waals surface area contributed by atoms with Gasteiger partial charge in [0.1, 0.15) is 12.4 Å². The van der Waals surface area contributed by atoms with Gasteiger partial charge in [-0.15, -0.1) is 0 Å². The molecular weight excluding hydrogens is 438 g/mol. The molecule has 140 valence electrons. The normalized spacial score (nSPS) is 12.0. The number of benzene rings is 1. The lowest BCUT2D eigenvalue weighted by molar-refractivity contribution is -0.511. The Kier molecular flexibility index (Phi) is 4.98. The fourth-order valence-electron chi connectivity index (χ4n) is 2.45. The van der Waals surface area contributed by atoms with E-state index in [2.05, 4.69) is 26.0 Å². The van der Waals surface area contributed by atoms with Crippen LogP contribution in [-0.2, 0) is 10.0 Å². The molecule has 2 aromatic heterocycles. The number of halogens is 1. The van der Waals surface area contributed by atoms with Crippen molar-refractivity contribution < 1.29 is 17.7 Å². The summed E-state index contributed by atoms with van der Waals surface area (Å²) in [5.41, 5.74) is 1.53. The predicted molar refractivity (Wildman–Crippen MR) is 102 cm³/mol. The molecule has 0 spiro atoms. The van der Waals surface area contributed by atoms with Crippen LogP contribution in [0.5, 0.6) is 0 Å². The third kappa shape index (κ3) is 3.69. The molecule has 1 N–H and O–H groups in total. The van der Waals surface area contributed by atoms with Gasteiger partial charge in [0, 0.05) is 25.2 Å². The summed E-state index contributed by atoms with van der Waals surface area (Å²) in [7, 11) is -2.76. The highest BCUT2D eigenvalue weighted by Gasteiger charge is 2.24. The van der Waals surface area contributed by atoms with Crippen molar-refractivity contribution in [2.24, 2.45) is 5.10 Å². The highest BCUT2D eigenvalue weighted by molar-refractivity contribution is 9.10. The molecule has 3 aromatic rings. The van der Waals surface area contributed by atoms with Gasteiger partial charge in [-0.05, 0) is 34.5 Å². The van der Waals surface area contributed by atoms with E-state index in [9.17, 15) is 18.5 Å². The Morgan fingerprint density at radius 3 is 2.78 bits per heavy atom. The number of aromatic amines is 1. The molecular formula is C16H15BrN5O4S+. The van der Waals surface area contributed by atoms with Gasteiger partial charge in [-0.25, -0.2) is 4.98 Å². The van der Waals surface area contributed by atoms with Gasteiger partial charge in [0.05, 0.1) is 20.5 Å². The minimum Gasteiger partial charge on any atom is -0.258 e. The van der Waals surface area contributed by atoms with E-state index >= 15 is 0 Å². The fraction of sp³-hybridized carbons (Fsp3) is 0.125. The zero-order valence-corrected chi connectivity index (χ0v) is 16.7. The predicted octanol–water partition coefficient (Wildman–Crippen LogP) is 2.39. The smallest absolute Gasteiger partial charge is 0.258 e. The van der Waals surface area contributed by atoms with E-state index < -0.39 is 14.9 Å². The average Bonchev–Trinajstić information content (AvgIpc) is 3.01. The molecule has 0 aliphatic carbocycles. The summed E-state index contributed by atoms with van der Waals surface area (Å²) in [6.07, 6.45) is 4.89. The number of nitrogens with one attached hydrogen (secondary N) is 1. The van der Waals surface area contributed by atoms with Crippen LogP contribution in [-0.4, -0.2) is 36.0 Å². The molecule has 0 atom stereocenters. The average molecular weight is 453 g/mol. The van der Waals surface area contributed by atoms with Crippen LogP contribution in [0.4, 0.5) is 5.69 Å². The van der Waals surface area contributed by atoms with E-state index in [4.69, 9.17) is 0 Å². The summed E-state index contributed by atoms with van der Waals surface area (Å²) < 4.78 is 29.0. The van der Waals surface area contributed by atoms with Gasteiger partial charge in [-0.1, -0.05) is 6.07 Å². The van der Waals surface area contributed by atoms with Crippen LogP contribution in [0.3, 0.4) is 0 Å². The standard InChI is InChI=1S/C16H14BrN5O4S/c1-11-3-5-13(22(23)24)7-15(11)27(25,26)20(2)19-9-14-8-18-16-6-4-12(17)10-21(14)16/h3-10H,1-2H3/p+1. The van der Waals surface area contributed by atoms with E-state index in [1.165, 1.54) is 25.4 Å². The van der Waals surface area contributed by atoms with Crippen molar-refractivity contribution in [2.45, 2.75) is 11.8 Å². The van der Waals surface area contributed by atoms with Gasteiger partial charge in [0.15, 0.2) is 5.69 Å². The molecule has 9 nitrogen and oxygen atoms in total. The maximum Gasteiger partial charge on any atom is 0.284 e. The highest BCUT2D eigenvalue weighted by Crippen LogP contribution is 2.24. The van der Waals surface area contributed by atoms with Crippen molar-refractivity contribution in [1.82, 2.24) is 9.40 Å². The minimum absolute atomic E-state index is 0.161. The van der Waals surface area contributed by atoms with Crippen molar-refractivity contribution >= 4 is 43.5 Å². The molecule has 0 bridgehead atoms. The molecule has 2 heterocycles. The minimum atomic E-state index is -4.04. The Morgan fingerprint density at radius 1 is 1.33 bits per heavy atom. The molecule has 0 aliphatic heterocycles. The summed E-state index contributed by atoms with van der Waals surface area (Å²) in [5.74, 6) is 0. The molecule has 0 aliphatic rings. The van der Waals surface area contributed by atoms with Gasteiger partial charge >= 0.3 is 0 Å². The van der Waals surface area contributed by atoms with E-state index in [1.807, 2.05) is 18.3 Å². The second kappa shape index (κ2) is 7.08. The second-order valence-corrected chi connectivity index (χ2v) is 8.54. The number of H-pyrrole nitrogens is 1. The first kappa shape index (κ1) is 19.0. The highest BCUT2D eigenvalue weighted by atomic mass is 79.9. The number of imidazole rings is 1. The van der Waals surface area contributed by atoms with Gasteiger partial charge in [-0.2, -0.15) is 22.3 Å². The van der Waals surface area contributed by atoms with Crippen LogP contribution in [0.25, 0.3) is 5.65 Å².